The maximum absolute atomic E-state index is 13.0. The number of carbonyl (C=O) groups excluding carboxylic acids is 1. The van der Waals surface area contributed by atoms with Crippen LogP contribution in [-0.4, -0.2) is 26.9 Å². The molecule has 3 heterocycles. The largest absolute Gasteiger partial charge is 0.490 e. The van der Waals surface area contributed by atoms with Crippen molar-refractivity contribution in [1.29, 1.82) is 0 Å². The van der Waals surface area contributed by atoms with Crippen molar-refractivity contribution in [3.05, 3.63) is 64.9 Å². The smallest absolute Gasteiger partial charge is 0.276 e. The van der Waals surface area contributed by atoms with Gasteiger partial charge in [-0.15, -0.1) is 11.3 Å². The minimum Gasteiger partial charge on any atom is -0.490 e. The van der Waals surface area contributed by atoms with Gasteiger partial charge in [-0.3, -0.25) is 14.5 Å². The summed E-state index contributed by atoms with van der Waals surface area (Å²) in [7, 11) is 0. The Kier molecular flexibility index (Phi) is 5.31. The van der Waals surface area contributed by atoms with Crippen LogP contribution in [0.15, 0.2) is 48.0 Å². The fraction of sp³-hybridized carbons (Fsp3) is 0.227. The first kappa shape index (κ1) is 19.1. The molecule has 0 saturated carbocycles. The number of hydrogen-bond donors (Lipinski definition) is 1. The van der Waals surface area contributed by atoms with Gasteiger partial charge >= 0.3 is 0 Å². The Morgan fingerprint density at radius 1 is 1.17 bits per heavy atom. The molecule has 1 amide bonds. The number of thiazole rings is 1. The summed E-state index contributed by atoms with van der Waals surface area (Å²) in [6, 6.07) is 12.0. The SMILES string of the molecule is CCOc1cccn2c(C(=O)Nc3nc(-c4ccc(CC)cc4)cs3)c(C)nc12. The number of aromatic nitrogens is 3. The Bertz CT molecular complexity index is 1160. The zero-order chi connectivity index (χ0) is 20.4. The van der Waals surface area contributed by atoms with E-state index in [-0.39, 0.29) is 5.91 Å². The van der Waals surface area contributed by atoms with Crippen LogP contribution in [0, 0.1) is 6.92 Å². The molecule has 4 aromatic rings. The molecule has 148 valence electrons. The van der Waals surface area contributed by atoms with Gasteiger partial charge in [-0.05, 0) is 38.0 Å². The Labute approximate surface area is 173 Å². The van der Waals surface area contributed by atoms with Gasteiger partial charge in [0.1, 0.15) is 5.69 Å². The Morgan fingerprint density at radius 2 is 1.97 bits per heavy atom. The number of aryl methyl sites for hydroxylation is 2. The van der Waals surface area contributed by atoms with Crippen molar-refractivity contribution in [2.24, 2.45) is 0 Å². The number of anilines is 1. The highest BCUT2D eigenvalue weighted by Gasteiger charge is 2.20. The molecule has 0 radical (unpaired) electrons. The Balaban J connectivity index is 1.59. The topological polar surface area (TPSA) is 68.5 Å². The summed E-state index contributed by atoms with van der Waals surface area (Å²) in [5, 5.41) is 5.41. The van der Waals surface area contributed by atoms with Crippen molar-refractivity contribution < 1.29 is 9.53 Å². The lowest BCUT2D eigenvalue weighted by Crippen LogP contribution is -2.15. The molecule has 3 aromatic heterocycles. The second kappa shape index (κ2) is 8.05. The van der Waals surface area contributed by atoms with Gasteiger partial charge < -0.3 is 4.74 Å². The summed E-state index contributed by atoms with van der Waals surface area (Å²) in [5.74, 6) is 0.412. The summed E-state index contributed by atoms with van der Waals surface area (Å²) in [6.45, 7) is 6.40. The monoisotopic (exact) mass is 406 g/mol. The number of ether oxygens (including phenoxy) is 1. The number of carbonyl (C=O) groups is 1. The fourth-order valence-electron chi connectivity index (χ4n) is 3.23. The zero-order valence-corrected chi connectivity index (χ0v) is 17.4. The minimum absolute atomic E-state index is 0.245. The van der Waals surface area contributed by atoms with Gasteiger partial charge in [-0.1, -0.05) is 31.2 Å². The number of amides is 1. The minimum atomic E-state index is -0.245. The second-order valence-corrected chi connectivity index (χ2v) is 7.45. The quantitative estimate of drug-likeness (QED) is 0.490. The highest BCUT2D eigenvalue weighted by atomic mass is 32.1. The van der Waals surface area contributed by atoms with Crippen LogP contribution in [0.1, 0.15) is 35.6 Å². The molecule has 0 atom stereocenters. The van der Waals surface area contributed by atoms with Gasteiger partial charge in [0.25, 0.3) is 5.91 Å². The third-order valence-corrected chi connectivity index (χ3v) is 5.44. The molecule has 29 heavy (non-hydrogen) atoms. The maximum Gasteiger partial charge on any atom is 0.276 e. The molecule has 0 aliphatic rings. The fourth-order valence-corrected chi connectivity index (χ4v) is 3.94. The van der Waals surface area contributed by atoms with Gasteiger partial charge in [0.2, 0.25) is 0 Å². The van der Waals surface area contributed by atoms with Gasteiger partial charge in [0.05, 0.1) is 18.0 Å². The first-order valence-electron chi connectivity index (χ1n) is 9.57. The lowest BCUT2D eigenvalue weighted by atomic mass is 10.1. The van der Waals surface area contributed by atoms with E-state index in [0.29, 0.717) is 34.5 Å². The molecule has 1 N–H and O–H groups in total. The van der Waals surface area contributed by atoms with Crippen molar-refractivity contribution in [3.63, 3.8) is 0 Å². The van der Waals surface area contributed by atoms with Crippen LogP contribution in [0.25, 0.3) is 16.9 Å². The van der Waals surface area contributed by atoms with E-state index >= 15 is 0 Å². The lowest BCUT2D eigenvalue weighted by Gasteiger charge is -2.06. The van der Waals surface area contributed by atoms with Crippen molar-refractivity contribution >= 4 is 28.0 Å². The first-order chi connectivity index (χ1) is 14.1. The van der Waals surface area contributed by atoms with Crippen LogP contribution in [-0.2, 0) is 6.42 Å². The molecular weight excluding hydrogens is 384 g/mol. The van der Waals surface area contributed by atoms with E-state index in [2.05, 4.69) is 46.5 Å². The van der Waals surface area contributed by atoms with Crippen LogP contribution in [0.2, 0.25) is 0 Å². The van der Waals surface area contributed by atoms with Crippen molar-refractivity contribution in [2.75, 3.05) is 11.9 Å². The van der Waals surface area contributed by atoms with Crippen LogP contribution in [0.4, 0.5) is 5.13 Å². The lowest BCUT2D eigenvalue weighted by molar-refractivity contribution is 0.102. The van der Waals surface area contributed by atoms with Crippen molar-refractivity contribution in [1.82, 2.24) is 14.4 Å². The number of pyridine rings is 1. The zero-order valence-electron chi connectivity index (χ0n) is 16.6. The van der Waals surface area contributed by atoms with Crippen LogP contribution < -0.4 is 10.1 Å². The standard InChI is InChI=1S/C22H22N4O2S/c1-4-15-8-10-16(11-9-15)17-13-29-22(24-17)25-21(27)19-14(3)23-20-18(28-5-2)7-6-12-26(19)20/h6-13H,4-5H2,1-3H3,(H,24,25,27). The molecule has 7 heteroatoms. The normalized spacial score (nSPS) is 11.0. The van der Waals surface area contributed by atoms with E-state index in [1.54, 1.807) is 4.40 Å². The molecular formula is C22H22N4O2S. The molecule has 0 fully saturated rings. The highest BCUT2D eigenvalue weighted by Crippen LogP contribution is 2.27. The number of nitrogens with one attached hydrogen (secondary N) is 1. The van der Waals surface area contributed by atoms with Gasteiger partial charge in [0, 0.05) is 17.1 Å². The van der Waals surface area contributed by atoms with E-state index in [9.17, 15) is 4.79 Å². The predicted octanol–water partition coefficient (Wildman–Crippen LogP) is 4.98. The number of benzene rings is 1. The number of rotatable bonds is 6. The van der Waals surface area contributed by atoms with E-state index in [1.807, 2.05) is 37.6 Å². The number of nitrogens with zero attached hydrogens (tertiary/aromatic N) is 3. The summed E-state index contributed by atoms with van der Waals surface area (Å²) in [4.78, 5) is 22.1. The van der Waals surface area contributed by atoms with E-state index < -0.39 is 0 Å². The number of fused-ring (bicyclic) bond motifs is 1. The van der Waals surface area contributed by atoms with E-state index in [1.165, 1.54) is 16.9 Å². The maximum atomic E-state index is 13.0. The van der Waals surface area contributed by atoms with E-state index in [0.717, 1.165) is 17.7 Å². The molecule has 0 unspecified atom stereocenters. The summed E-state index contributed by atoms with van der Waals surface area (Å²) < 4.78 is 7.39. The number of imidazole rings is 1. The highest BCUT2D eigenvalue weighted by molar-refractivity contribution is 7.14. The Hall–Kier alpha value is -3.19. The molecule has 0 spiro atoms. The average Bonchev–Trinajstić information content (AvgIpc) is 3.32. The third-order valence-electron chi connectivity index (χ3n) is 4.69. The Morgan fingerprint density at radius 3 is 2.69 bits per heavy atom. The van der Waals surface area contributed by atoms with E-state index in [4.69, 9.17) is 4.74 Å². The van der Waals surface area contributed by atoms with Crippen LogP contribution >= 0.6 is 11.3 Å². The molecule has 0 aliphatic heterocycles. The predicted molar refractivity (Wildman–Crippen MR) is 116 cm³/mol. The van der Waals surface area contributed by atoms with Crippen molar-refractivity contribution in [2.45, 2.75) is 27.2 Å². The third kappa shape index (κ3) is 3.73. The molecule has 0 bridgehead atoms. The second-order valence-electron chi connectivity index (χ2n) is 6.59. The average molecular weight is 407 g/mol. The van der Waals surface area contributed by atoms with Gasteiger partial charge in [-0.2, -0.15) is 0 Å². The molecule has 6 nitrogen and oxygen atoms in total. The van der Waals surface area contributed by atoms with Gasteiger partial charge in [0.15, 0.2) is 16.5 Å². The van der Waals surface area contributed by atoms with Crippen molar-refractivity contribution in [3.8, 4) is 17.0 Å². The summed E-state index contributed by atoms with van der Waals surface area (Å²) in [6.07, 6.45) is 2.82. The summed E-state index contributed by atoms with van der Waals surface area (Å²) in [5.41, 5.74) is 4.92. The summed E-state index contributed by atoms with van der Waals surface area (Å²) >= 11 is 1.41. The van der Waals surface area contributed by atoms with Crippen LogP contribution in [0.5, 0.6) is 5.75 Å². The first-order valence-corrected chi connectivity index (χ1v) is 10.4. The molecule has 1 aromatic carbocycles. The molecule has 4 rings (SSSR count). The van der Waals surface area contributed by atoms with Gasteiger partial charge in [-0.25, -0.2) is 9.97 Å². The van der Waals surface area contributed by atoms with Crippen LogP contribution in [0.3, 0.4) is 0 Å². The molecule has 0 saturated heterocycles. The number of hydrogen-bond acceptors (Lipinski definition) is 5. The molecule has 0 aliphatic carbocycles.